The first-order chi connectivity index (χ1) is 13.4. The zero-order valence-electron chi connectivity index (χ0n) is 14.4. The molecule has 1 atom stereocenters. The van der Waals surface area contributed by atoms with Crippen molar-refractivity contribution < 1.29 is 22.3 Å². The van der Waals surface area contributed by atoms with Gasteiger partial charge < -0.3 is 0 Å². The van der Waals surface area contributed by atoms with Crippen molar-refractivity contribution in [1.29, 1.82) is 0 Å². The second-order valence-corrected chi connectivity index (χ2v) is 7.17. The molecule has 3 rings (SSSR count). The largest absolute Gasteiger partial charge is 0.294 e. The van der Waals surface area contributed by atoms with Crippen molar-refractivity contribution in [2.45, 2.75) is 12.8 Å². The van der Waals surface area contributed by atoms with Crippen molar-refractivity contribution in [3.05, 3.63) is 75.9 Å². The minimum Gasteiger partial charge on any atom is -0.294 e. The molecular formula is C19H15ClF2N2O3S. The predicted molar refractivity (Wildman–Crippen MR) is 104 cm³/mol. The number of nitrogens with one attached hydrogen (secondary N) is 1. The summed E-state index contributed by atoms with van der Waals surface area (Å²) in [6, 6.07) is 9.05. The van der Waals surface area contributed by atoms with Gasteiger partial charge >= 0.3 is 0 Å². The van der Waals surface area contributed by atoms with Gasteiger partial charge in [-0.2, -0.15) is 0 Å². The lowest BCUT2D eigenvalue weighted by molar-refractivity contribution is 0.103. The van der Waals surface area contributed by atoms with E-state index in [1.54, 1.807) is 30.5 Å². The monoisotopic (exact) mass is 424 g/mol. The summed E-state index contributed by atoms with van der Waals surface area (Å²) in [5.41, 5.74) is 0.546. The number of aromatic nitrogens is 1. The maximum Gasteiger partial charge on any atom is 0.231 e. The molecule has 3 aromatic rings. The van der Waals surface area contributed by atoms with E-state index in [0.717, 1.165) is 6.07 Å². The number of carbonyl (C=O) groups is 1. The average Bonchev–Trinajstić information content (AvgIpc) is 2.68. The highest BCUT2D eigenvalue weighted by Crippen LogP contribution is 2.30. The number of aryl methyl sites for hydroxylation is 1. The number of pyridine rings is 1. The molecule has 28 heavy (non-hydrogen) atoms. The summed E-state index contributed by atoms with van der Waals surface area (Å²) in [6.45, 7) is 0.166. The van der Waals surface area contributed by atoms with Crippen molar-refractivity contribution in [3.8, 4) is 0 Å². The number of carbonyl (C=O) groups excluding carboxylic acids is 1. The molecule has 1 heterocycles. The molecule has 0 aliphatic carbocycles. The molecule has 0 saturated carbocycles. The lowest BCUT2D eigenvalue weighted by Crippen LogP contribution is -2.18. The zero-order valence-corrected chi connectivity index (χ0v) is 16.0. The molecule has 5 nitrogen and oxygen atoms in total. The number of benzene rings is 2. The highest BCUT2D eigenvalue weighted by Gasteiger charge is 2.24. The van der Waals surface area contributed by atoms with Gasteiger partial charge in [-0.05, 0) is 48.7 Å². The van der Waals surface area contributed by atoms with Crippen LogP contribution in [-0.4, -0.2) is 26.1 Å². The molecule has 0 aliphatic rings. The van der Waals surface area contributed by atoms with Gasteiger partial charge in [-0.25, -0.2) is 17.7 Å². The van der Waals surface area contributed by atoms with Crippen LogP contribution in [-0.2, 0) is 17.7 Å². The maximum atomic E-state index is 14.4. The van der Waals surface area contributed by atoms with Crippen molar-refractivity contribution in [2.75, 3.05) is 6.54 Å². The molecule has 0 saturated heterocycles. The zero-order chi connectivity index (χ0) is 20.3. The van der Waals surface area contributed by atoms with Gasteiger partial charge in [0.25, 0.3) is 0 Å². The van der Waals surface area contributed by atoms with Crippen LogP contribution in [0.15, 0.2) is 42.6 Å². The molecule has 1 unspecified atom stereocenters. The first-order valence-corrected chi connectivity index (χ1v) is 9.77. The summed E-state index contributed by atoms with van der Waals surface area (Å²) in [4.78, 5) is 17.0. The van der Waals surface area contributed by atoms with E-state index in [1.807, 2.05) is 0 Å². The fourth-order valence-corrected chi connectivity index (χ4v) is 3.47. The number of nitrogens with zero attached hydrogens (tertiary/aromatic N) is 1. The van der Waals surface area contributed by atoms with E-state index in [9.17, 15) is 17.8 Å². The number of halogens is 3. The van der Waals surface area contributed by atoms with Gasteiger partial charge in [-0.15, -0.1) is 0 Å². The number of fused-ring (bicyclic) bond motifs is 1. The SMILES string of the molecule is O=C(c1ccc2ncccc2c1)c1c(F)c(F)cc(CCCNS(=O)O)c1Cl. The third-order valence-electron chi connectivity index (χ3n) is 4.17. The average molecular weight is 425 g/mol. The molecule has 0 spiro atoms. The molecule has 0 radical (unpaired) electrons. The minimum absolute atomic E-state index is 0.162. The van der Waals surface area contributed by atoms with Gasteiger partial charge in [-0.3, -0.25) is 14.3 Å². The van der Waals surface area contributed by atoms with Crippen LogP contribution in [0.3, 0.4) is 0 Å². The molecule has 1 aromatic heterocycles. The van der Waals surface area contributed by atoms with Gasteiger partial charge in [0, 0.05) is 23.7 Å². The smallest absolute Gasteiger partial charge is 0.231 e. The Bertz CT molecular complexity index is 1080. The van der Waals surface area contributed by atoms with Crippen LogP contribution in [0.1, 0.15) is 27.9 Å². The van der Waals surface area contributed by atoms with E-state index < -0.39 is 34.2 Å². The lowest BCUT2D eigenvalue weighted by Gasteiger charge is -2.12. The molecule has 2 N–H and O–H groups in total. The molecule has 0 fully saturated rings. The second-order valence-electron chi connectivity index (χ2n) is 6.01. The van der Waals surface area contributed by atoms with Crippen molar-refractivity contribution in [2.24, 2.45) is 0 Å². The van der Waals surface area contributed by atoms with Crippen molar-refractivity contribution in [3.63, 3.8) is 0 Å². The van der Waals surface area contributed by atoms with E-state index >= 15 is 0 Å². The second kappa shape index (κ2) is 8.83. The Hall–Kier alpha value is -2.26. The maximum absolute atomic E-state index is 14.4. The van der Waals surface area contributed by atoms with E-state index in [1.165, 1.54) is 6.07 Å². The van der Waals surface area contributed by atoms with Crippen LogP contribution in [0.5, 0.6) is 0 Å². The van der Waals surface area contributed by atoms with Crippen LogP contribution in [0.25, 0.3) is 10.9 Å². The number of ketones is 1. The lowest BCUT2D eigenvalue weighted by atomic mass is 9.97. The summed E-state index contributed by atoms with van der Waals surface area (Å²) in [5, 5.41) is 0.518. The van der Waals surface area contributed by atoms with Crippen LogP contribution >= 0.6 is 11.6 Å². The summed E-state index contributed by atoms with van der Waals surface area (Å²) in [5.74, 6) is -3.22. The highest BCUT2D eigenvalue weighted by atomic mass is 35.5. The molecule has 0 amide bonds. The molecule has 9 heteroatoms. The Kier molecular flexibility index (Phi) is 6.46. The molecule has 0 aliphatic heterocycles. The van der Waals surface area contributed by atoms with Crippen molar-refractivity contribution >= 4 is 39.6 Å². The molecule has 2 aromatic carbocycles. The molecule has 146 valence electrons. The summed E-state index contributed by atoms with van der Waals surface area (Å²) < 4.78 is 50.0. The fourth-order valence-electron chi connectivity index (χ4n) is 2.84. The Balaban J connectivity index is 1.94. The van der Waals surface area contributed by atoms with Gasteiger partial charge in [0.1, 0.15) is 0 Å². The standard InChI is InChI=1S/C19H15ClF2N2O3S/c20-17-12(4-2-8-24-28(26)27)10-14(21)18(22)16(17)19(25)13-5-6-15-11(9-13)3-1-7-23-15/h1,3,5-7,9-10,24H,2,4,8H2,(H,26,27). The highest BCUT2D eigenvalue weighted by molar-refractivity contribution is 7.77. The summed E-state index contributed by atoms with van der Waals surface area (Å²) >= 11 is 4.06. The fraction of sp³-hybridized carbons (Fsp3) is 0.158. The predicted octanol–water partition coefficient (Wildman–Crippen LogP) is 4.06. The summed E-state index contributed by atoms with van der Waals surface area (Å²) in [6.07, 6.45) is 2.15. The first kappa shape index (κ1) is 20.5. The minimum atomic E-state index is -2.16. The van der Waals surface area contributed by atoms with Gasteiger partial charge in [0.2, 0.25) is 11.3 Å². The Morgan fingerprint density at radius 1 is 1.25 bits per heavy atom. The number of rotatable bonds is 7. The van der Waals surface area contributed by atoms with E-state index in [2.05, 4.69) is 9.71 Å². The third-order valence-corrected chi connectivity index (χ3v) is 5.06. The van der Waals surface area contributed by atoms with Gasteiger partial charge in [0.05, 0.1) is 16.1 Å². The number of hydrogen-bond acceptors (Lipinski definition) is 3. The van der Waals surface area contributed by atoms with Crippen LogP contribution in [0, 0.1) is 11.6 Å². The van der Waals surface area contributed by atoms with E-state index in [4.69, 9.17) is 16.2 Å². The Morgan fingerprint density at radius 2 is 2.04 bits per heavy atom. The topological polar surface area (TPSA) is 79.3 Å². The van der Waals surface area contributed by atoms with Crippen LogP contribution in [0.4, 0.5) is 8.78 Å². The van der Waals surface area contributed by atoms with Gasteiger partial charge in [-0.1, -0.05) is 17.7 Å². The molecule has 0 bridgehead atoms. The Morgan fingerprint density at radius 3 is 2.79 bits per heavy atom. The molecular weight excluding hydrogens is 410 g/mol. The van der Waals surface area contributed by atoms with E-state index in [0.29, 0.717) is 17.3 Å². The van der Waals surface area contributed by atoms with Gasteiger partial charge in [0.15, 0.2) is 17.4 Å². The van der Waals surface area contributed by atoms with Crippen molar-refractivity contribution in [1.82, 2.24) is 9.71 Å². The normalized spacial score (nSPS) is 12.3. The summed E-state index contributed by atoms with van der Waals surface area (Å²) in [7, 11) is 0. The third kappa shape index (κ3) is 4.41. The number of hydrogen-bond donors (Lipinski definition) is 2. The first-order valence-electron chi connectivity index (χ1n) is 8.28. The van der Waals surface area contributed by atoms with E-state index in [-0.39, 0.29) is 29.1 Å². The van der Waals surface area contributed by atoms with Crippen LogP contribution in [0.2, 0.25) is 5.02 Å². The Labute approximate surface area is 167 Å². The quantitative estimate of drug-likeness (QED) is 0.259. The van der Waals surface area contributed by atoms with Crippen LogP contribution < -0.4 is 4.72 Å².